The number of carbonyl (C=O) groups excluding carboxylic acids is 1. The molecule has 7 nitrogen and oxygen atoms in total. The molecule has 1 aliphatic heterocycles. The molecule has 0 unspecified atom stereocenters. The maximum Gasteiger partial charge on any atom is 0.265 e. The second kappa shape index (κ2) is 8.13. The number of nitrogens with one attached hydrogen (secondary N) is 1. The van der Waals surface area contributed by atoms with Gasteiger partial charge in [0.25, 0.3) is 5.91 Å². The lowest BCUT2D eigenvalue weighted by Gasteiger charge is -2.21. The van der Waals surface area contributed by atoms with Crippen molar-refractivity contribution in [1.82, 2.24) is 14.1 Å². The first-order valence-electron chi connectivity index (χ1n) is 10.1. The second-order valence-corrected chi connectivity index (χ2v) is 10.7. The molecule has 1 N–H and O–H groups in total. The molecule has 1 fully saturated rings. The van der Waals surface area contributed by atoms with Crippen LogP contribution in [0.5, 0.6) is 0 Å². The Kier molecular flexibility index (Phi) is 5.69. The molecule has 0 saturated carbocycles. The van der Waals surface area contributed by atoms with Gasteiger partial charge in [0, 0.05) is 31.2 Å². The van der Waals surface area contributed by atoms with E-state index in [1.807, 2.05) is 20.0 Å². The van der Waals surface area contributed by atoms with Crippen LogP contribution < -0.4 is 5.32 Å². The lowest BCUT2D eigenvalue weighted by Crippen LogP contribution is -2.32. The molecular weight excluding hydrogens is 420 g/mol. The van der Waals surface area contributed by atoms with Crippen LogP contribution in [0.2, 0.25) is 0 Å². The summed E-state index contributed by atoms with van der Waals surface area (Å²) < 4.78 is 29.8. The van der Waals surface area contributed by atoms with E-state index in [2.05, 4.69) is 10.4 Å². The van der Waals surface area contributed by atoms with Crippen molar-refractivity contribution >= 4 is 43.2 Å². The number of aryl methyl sites for hydroxylation is 3. The number of benzene rings is 1. The van der Waals surface area contributed by atoms with Gasteiger partial charge in [-0.05, 0) is 50.5 Å². The summed E-state index contributed by atoms with van der Waals surface area (Å²) in [7, 11) is -1.73. The second-order valence-electron chi connectivity index (χ2n) is 7.79. The lowest BCUT2D eigenvalue weighted by atomic mass is 10.2. The highest BCUT2D eigenvalue weighted by atomic mass is 32.2. The number of carbonyl (C=O) groups is 1. The van der Waals surface area contributed by atoms with Gasteiger partial charge >= 0.3 is 0 Å². The average Bonchev–Trinajstić information content (AvgIpc) is 3.12. The van der Waals surface area contributed by atoms with E-state index < -0.39 is 10.0 Å². The van der Waals surface area contributed by atoms with Crippen molar-refractivity contribution in [2.75, 3.05) is 18.4 Å². The molecule has 9 heteroatoms. The molecule has 0 aliphatic carbocycles. The van der Waals surface area contributed by atoms with Crippen LogP contribution in [-0.2, 0) is 17.1 Å². The van der Waals surface area contributed by atoms with E-state index in [0.717, 1.165) is 41.6 Å². The third-order valence-corrected chi connectivity index (χ3v) is 8.79. The molecule has 30 heavy (non-hydrogen) atoms. The Morgan fingerprint density at radius 3 is 2.47 bits per heavy atom. The van der Waals surface area contributed by atoms with E-state index in [9.17, 15) is 13.2 Å². The molecule has 160 valence electrons. The van der Waals surface area contributed by atoms with Crippen LogP contribution >= 0.6 is 11.3 Å². The summed E-state index contributed by atoms with van der Waals surface area (Å²) in [4.78, 5) is 14.6. The Morgan fingerprint density at radius 1 is 1.10 bits per heavy atom. The number of amides is 1. The van der Waals surface area contributed by atoms with Crippen LogP contribution in [0.15, 0.2) is 29.2 Å². The molecule has 3 heterocycles. The number of aromatic nitrogens is 2. The highest BCUT2D eigenvalue weighted by Crippen LogP contribution is 2.29. The molecule has 1 aliphatic rings. The van der Waals surface area contributed by atoms with Crippen molar-refractivity contribution in [3.8, 4) is 0 Å². The molecule has 1 amide bonds. The van der Waals surface area contributed by atoms with Crippen molar-refractivity contribution in [2.24, 2.45) is 7.05 Å². The van der Waals surface area contributed by atoms with E-state index in [1.165, 1.54) is 11.3 Å². The standard InChI is InChI=1S/C21H26N4O3S2/c1-14-8-9-16(12-19(14)30(27,28)25-10-6-4-5-7-11-25)22-20(26)18-13-17-15(2)23-24(3)21(17)29-18/h8-9,12-13H,4-7,10-11H2,1-3H3,(H,22,26). The fourth-order valence-electron chi connectivity index (χ4n) is 3.89. The highest BCUT2D eigenvalue weighted by molar-refractivity contribution is 7.89. The van der Waals surface area contributed by atoms with Gasteiger partial charge in [0.05, 0.1) is 15.5 Å². The van der Waals surface area contributed by atoms with Crippen LogP contribution in [0, 0.1) is 13.8 Å². The highest BCUT2D eigenvalue weighted by Gasteiger charge is 2.27. The predicted molar refractivity (Wildman–Crippen MR) is 120 cm³/mol. The van der Waals surface area contributed by atoms with E-state index in [0.29, 0.717) is 29.2 Å². The lowest BCUT2D eigenvalue weighted by molar-refractivity contribution is 0.103. The van der Waals surface area contributed by atoms with Gasteiger partial charge in [-0.15, -0.1) is 11.3 Å². The fraction of sp³-hybridized carbons (Fsp3) is 0.429. The number of nitrogens with zero attached hydrogens (tertiary/aromatic N) is 3. The monoisotopic (exact) mass is 446 g/mol. The first kappa shape index (κ1) is 21.0. The number of sulfonamides is 1. The fourth-order valence-corrected chi connectivity index (χ4v) is 6.67. The molecule has 3 aromatic rings. The zero-order valence-electron chi connectivity index (χ0n) is 17.4. The number of rotatable bonds is 4. The largest absolute Gasteiger partial charge is 0.321 e. The first-order chi connectivity index (χ1) is 14.3. The Bertz CT molecular complexity index is 1170. The molecule has 0 radical (unpaired) electrons. The zero-order chi connectivity index (χ0) is 21.5. The Labute approximate surface area is 180 Å². The number of thiophene rings is 1. The van der Waals surface area contributed by atoms with Crippen LogP contribution in [0.25, 0.3) is 10.2 Å². The maximum atomic E-state index is 13.2. The molecule has 1 aromatic carbocycles. The third-order valence-electron chi connectivity index (χ3n) is 5.55. The van der Waals surface area contributed by atoms with Crippen molar-refractivity contribution in [2.45, 2.75) is 44.4 Å². The maximum absolute atomic E-state index is 13.2. The quantitative estimate of drug-likeness (QED) is 0.655. The molecule has 0 bridgehead atoms. The number of hydrogen-bond acceptors (Lipinski definition) is 5. The summed E-state index contributed by atoms with van der Waals surface area (Å²) in [5.74, 6) is -0.252. The van der Waals surface area contributed by atoms with E-state index in [1.54, 1.807) is 34.1 Å². The van der Waals surface area contributed by atoms with Crippen molar-refractivity contribution < 1.29 is 13.2 Å². The smallest absolute Gasteiger partial charge is 0.265 e. The molecule has 2 aromatic heterocycles. The Balaban J connectivity index is 1.60. The average molecular weight is 447 g/mol. The van der Waals surface area contributed by atoms with Crippen molar-refractivity contribution in [3.05, 3.63) is 40.4 Å². The van der Waals surface area contributed by atoms with Gasteiger partial charge in [0.1, 0.15) is 4.83 Å². The first-order valence-corrected chi connectivity index (χ1v) is 12.4. The summed E-state index contributed by atoms with van der Waals surface area (Å²) in [6.45, 7) is 4.80. The topological polar surface area (TPSA) is 84.3 Å². The number of anilines is 1. The SMILES string of the molecule is Cc1ccc(NC(=O)c2cc3c(C)nn(C)c3s2)cc1S(=O)(=O)N1CCCCCC1. The van der Waals surface area contributed by atoms with Gasteiger partial charge in [0.15, 0.2) is 0 Å². The summed E-state index contributed by atoms with van der Waals surface area (Å²) in [6.07, 6.45) is 3.89. The molecule has 0 spiro atoms. The van der Waals surface area contributed by atoms with E-state index in [-0.39, 0.29) is 10.8 Å². The number of hydrogen-bond donors (Lipinski definition) is 1. The van der Waals surface area contributed by atoms with Crippen LogP contribution in [0.3, 0.4) is 0 Å². The van der Waals surface area contributed by atoms with Gasteiger partial charge < -0.3 is 5.32 Å². The molecule has 0 atom stereocenters. The summed E-state index contributed by atoms with van der Waals surface area (Å²) in [5.41, 5.74) is 2.04. The normalized spacial score (nSPS) is 16.0. The Morgan fingerprint density at radius 2 is 1.80 bits per heavy atom. The van der Waals surface area contributed by atoms with Gasteiger partial charge in [-0.3, -0.25) is 9.48 Å². The minimum atomic E-state index is -3.59. The molecular formula is C21H26N4O3S2. The van der Waals surface area contributed by atoms with Crippen LogP contribution in [0.1, 0.15) is 46.6 Å². The molecule has 1 saturated heterocycles. The minimum Gasteiger partial charge on any atom is -0.321 e. The predicted octanol–water partition coefficient (Wildman–Crippen LogP) is 4.07. The van der Waals surface area contributed by atoms with Gasteiger partial charge in [0.2, 0.25) is 10.0 Å². The van der Waals surface area contributed by atoms with E-state index in [4.69, 9.17) is 0 Å². The van der Waals surface area contributed by atoms with Gasteiger partial charge in [-0.1, -0.05) is 18.9 Å². The third kappa shape index (κ3) is 3.89. The van der Waals surface area contributed by atoms with Crippen molar-refractivity contribution in [1.29, 1.82) is 0 Å². The van der Waals surface area contributed by atoms with Crippen LogP contribution in [0.4, 0.5) is 5.69 Å². The summed E-state index contributed by atoms with van der Waals surface area (Å²) in [6, 6.07) is 6.91. The summed E-state index contributed by atoms with van der Waals surface area (Å²) in [5, 5.41) is 8.18. The minimum absolute atomic E-state index is 0.252. The summed E-state index contributed by atoms with van der Waals surface area (Å²) >= 11 is 1.37. The van der Waals surface area contributed by atoms with Gasteiger partial charge in [-0.2, -0.15) is 9.40 Å². The van der Waals surface area contributed by atoms with E-state index >= 15 is 0 Å². The van der Waals surface area contributed by atoms with Crippen LogP contribution in [-0.4, -0.2) is 41.5 Å². The molecule has 4 rings (SSSR count). The zero-order valence-corrected chi connectivity index (χ0v) is 19.1. The van der Waals surface area contributed by atoms with Gasteiger partial charge in [-0.25, -0.2) is 8.42 Å². The Hall–Kier alpha value is -2.23. The van der Waals surface area contributed by atoms with Crippen molar-refractivity contribution in [3.63, 3.8) is 0 Å². The number of fused-ring (bicyclic) bond motifs is 1.